The van der Waals surface area contributed by atoms with E-state index in [2.05, 4.69) is 5.32 Å². The molecular weight excluding hydrogens is 606 g/mol. The molecule has 0 saturated heterocycles. The topological polar surface area (TPSA) is 114 Å². The molecule has 3 aromatic carbocycles. The summed E-state index contributed by atoms with van der Waals surface area (Å²) >= 11 is 6.32. The molecule has 238 valence electrons. The first-order valence-electron chi connectivity index (χ1n) is 14.1. The molecule has 0 radical (unpaired) electrons. The highest BCUT2D eigenvalue weighted by atomic mass is 35.5. The summed E-state index contributed by atoms with van der Waals surface area (Å²) in [4.78, 5) is 28.8. The predicted octanol–water partition coefficient (Wildman–Crippen LogP) is 5.20. The average Bonchev–Trinajstić information content (AvgIpc) is 3.02. The van der Waals surface area contributed by atoms with Crippen molar-refractivity contribution < 1.29 is 32.2 Å². The molecule has 3 aromatic rings. The second-order valence-corrected chi connectivity index (χ2v) is 12.6. The van der Waals surface area contributed by atoms with Crippen LogP contribution in [0.5, 0.6) is 17.2 Å². The number of anilines is 1. The van der Waals surface area contributed by atoms with E-state index < -0.39 is 28.5 Å². The SMILES string of the molecule is CC[C@@H](C)NC(=O)[C@@H](C)N(Cc1ccccc1C)C(=O)CN(c1cc(Cl)ccc1OC)S(=O)(=O)c1ccc(OC)c(OC)c1. The van der Waals surface area contributed by atoms with E-state index in [4.69, 9.17) is 25.8 Å². The minimum absolute atomic E-state index is 0.0516. The summed E-state index contributed by atoms with van der Waals surface area (Å²) in [5.74, 6) is -0.254. The number of methoxy groups -OCH3 is 3. The third kappa shape index (κ3) is 7.95. The van der Waals surface area contributed by atoms with Gasteiger partial charge in [0.25, 0.3) is 10.0 Å². The van der Waals surface area contributed by atoms with E-state index in [0.717, 1.165) is 15.4 Å². The number of hydrogen-bond acceptors (Lipinski definition) is 7. The van der Waals surface area contributed by atoms with Crippen molar-refractivity contribution in [1.29, 1.82) is 0 Å². The number of nitrogens with zero attached hydrogens (tertiary/aromatic N) is 2. The Kier molecular flexibility index (Phi) is 11.9. The van der Waals surface area contributed by atoms with Crippen LogP contribution in [0.1, 0.15) is 38.3 Å². The first-order chi connectivity index (χ1) is 20.9. The molecule has 0 aliphatic carbocycles. The Balaban J connectivity index is 2.15. The Morgan fingerprint density at radius 1 is 0.909 bits per heavy atom. The summed E-state index contributed by atoms with van der Waals surface area (Å²) in [7, 11) is -0.204. The molecule has 0 aromatic heterocycles. The maximum atomic E-state index is 14.3. The number of sulfonamides is 1. The quantitative estimate of drug-likeness (QED) is 0.256. The van der Waals surface area contributed by atoms with Crippen LogP contribution in [0, 0.1) is 6.92 Å². The van der Waals surface area contributed by atoms with Crippen LogP contribution in [0.3, 0.4) is 0 Å². The smallest absolute Gasteiger partial charge is 0.265 e. The van der Waals surface area contributed by atoms with Crippen LogP contribution < -0.4 is 23.8 Å². The van der Waals surface area contributed by atoms with Gasteiger partial charge in [0.1, 0.15) is 18.3 Å². The number of rotatable bonds is 14. The molecule has 0 unspecified atom stereocenters. The second kappa shape index (κ2) is 15.2. The highest BCUT2D eigenvalue weighted by molar-refractivity contribution is 7.92. The molecule has 0 saturated carbocycles. The third-order valence-corrected chi connectivity index (χ3v) is 9.39. The largest absolute Gasteiger partial charge is 0.495 e. The molecule has 10 nitrogen and oxygen atoms in total. The zero-order valence-electron chi connectivity index (χ0n) is 26.1. The lowest BCUT2D eigenvalue weighted by atomic mass is 10.1. The summed E-state index contributed by atoms with van der Waals surface area (Å²) in [6.45, 7) is 6.79. The molecule has 0 spiro atoms. The minimum Gasteiger partial charge on any atom is -0.495 e. The van der Waals surface area contributed by atoms with Crippen LogP contribution in [0.15, 0.2) is 65.6 Å². The number of aryl methyl sites for hydroxylation is 1. The van der Waals surface area contributed by atoms with Gasteiger partial charge in [0, 0.05) is 23.7 Å². The summed E-state index contributed by atoms with van der Waals surface area (Å²) < 4.78 is 45.7. The fourth-order valence-corrected chi connectivity index (χ4v) is 6.09. The Labute approximate surface area is 264 Å². The molecule has 0 aliphatic heterocycles. The van der Waals surface area contributed by atoms with E-state index in [9.17, 15) is 18.0 Å². The first kappa shape index (κ1) is 34.5. The Bertz CT molecular complexity index is 1580. The van der Waals surface area contributed by atoms with Gasteiger partial charge in [-0.15, -0.1) is 0 Å². The Morgan fingerprint density at radius 3 is 2.16 bits per heavy atom. The lowest BCUT2D eigenvalue weighted by Crippen LogP contribution is -2.52. The highest BCUT2D eigenvalue weighted by Gasteiger charge is 2.34. The maximum Gasteiger partial charge on any atom is 0.265 e. The van der Waals surface area contributed by atoms with Crippen LogP contribution in [0.25, 0.3) is 0 Å². The van der Waals surface area contributed by atoms with E-state index in [-0.39, 0.29) is 45.6 Å². The van der Waals surface area contributed by atoms with Gasteiger partial charge < -0.3 is 24.4 Å². The fourth-order valence-electron chi connectivity index (χ4n) is 4.49. The van der Waals surface area contributed by atoms with Gasteiger partial charge in [-0.3, -0.25) is 13.9 Å². The van der Waals surface area contributed by atoms with Crippen molar-refractivity contribution in [3.8, 4) is 17.2 Å². The van der Waals surface area contributed by atoms with Crippen molar-refractivity contribution in [2.75, 3.05) is 32.2 Å². The number of carbonyl (C=O) groups is 2. The number of nitrogens with one attached hydrogen (secondary N) is 1. The lowest BCUT2D eigenvalue weighted by Gasteiger charge is -2.33. The zero-order valence-corrected chi connectivity index (χ0v) is 27.7. The number of halogens is 1. The maximum absolute atomic E-state index is 14.3. The van der Waals surface area contributed by atoms with Gasteiger partial charge in [0.05, 0.1) is 31.9 Å². The first-order valence-corrected chi connectivity index (χ1v) is 15.9. The molecule has 0 aliphatic rings. The van der Waals surface area contributed by atoms with Gasteiger partial charge in [0.2, 0.25) is 11.8 Å². The van der Waals surface area contributed by atoms with Crippen molar-refractivity contribution in [3.63, 3.8) is 0 Å². The third-order valence-electron chi connectivity index (χ3n) is 7.40. The van der Waals surface area contributed by atoms with E-state index in [1.165, 1.54) is 56.6 Å². The predicted molar refractivity (Wildman–Crippen MR) is 171 cm³/mol. The normalized spacial score (nSPS) is 12.5. The molecule has 3 rings (SSSR count). The number of carbonyl (C=O) groups excluding carboxylic acids is 2. The lowest BCUT2D eigenvalue weighted by molar-refractivity contribution is -0.139. The average molecular weight is 646 g/mol. The summed E-state index contributed by atoms with van der Waals surface area (Å²) in [5.41, 5.74) is 1.79. The van der Waals surface area contributed by atoms with Crippen LogP contribution in [-0.4, -0.2) is 65.1 Å². The Morgan fingerprint density at radius 2 is 1.55 bits per heavy atom. The molecule has 44 heavy (non-hydrogen) atoms. The van der Waals surface area contributed by atoms with E-state index in [0.29, 0.717) is 12.2 Å². The van der Waals surface area contributed by atoms with Gasteiger partial charge in [0.15, 0.2) is 11.5 Å². The number of ether oxygens (including phenoxy) is 3. The van der Waals surface area contributed by atoms with Gasteiger partial charge in [-0.05, 0) is 68.7 Å². The fraction of sp³-hybridized carbons (Fsp3) is 0.375. The molecule has 12 heteroatoms. The van der Waals surface area contributed by atoms with Gasteiger partial charge in [-0.25, -0.2) is 8.42 Å². The highest BCUT2D eigenvalue weighted by Crippen LogP contribution is 2.37. The van der Waals surface area contributed by atoms with Gasteiger partial charge in [-0.1, -0.05) is 42.8 Å². The molecule has 0 heterocycles. The minimum atomic E-state index is -4.43. The van der Waals surface area contributed by atoms with Gasteiger partial charge >= 0.3 is 0 Å². The second-order valence-electron chi connectivity index (χ2n) is 10.3. The summed E-state index contributed by atoms with van der Waals surface area (Å²) in [6.07, 6.45) is 0.704. The van der Waals surface area contributed by atoms with E-state index in [1.54, 1.807) is 13.0 Å². The summed E-state index contributed by atoms with van der Waals surface area (Å²) in [6, 6.07) is 15.1. The molecule has 2 amide bonds. The molecule has 2 atom stereocenters. The van der Waals surface area contributed by atoms with Crippen molar-refractivity contribution >= 4 is 39.1 Å². The van der Waals surface area contributed by atoms with Crippen LogP contribution in [-0.2, 0) is 26.2 Å². The van der Waals surface area contributed by atoms with Crippen molar-refractivity contribution in [2.24, 2.45) is 0 Å². The van der Waals surface area contributed by atoms with Crippen molar-refractivity contribution in [2.45, 2.75) is 57.6 Å². The number of amides is 2. The number of hydrogen-bond donors (Lipinski definition) is 1. The van der Waals surface area contributed by atoms with Crippen LogP contribution in [0.4, 0.5) is 5.69 Å². The number of benzene rings is 3. The monoisotopic (exact) mass is 645 g/mol. The van der Waals surface area contributed by atoms with Gasteiger partial charge in [-0.2, -0.15) is 0 Å². The zero-order chi connectivity index (χ0) is 32.6. The van der Waals surface area contributed by atoms with Crippen molar-refractivity contribution in [1.82, 2.24) is 10.2 Å². The van der Waals surface area contributed by atoms with Crippen LogP contribution >= 0.6 is 11.6 Å². The standard InChI is InChI=1S/C32H40ClN3O7S/c1-8-22(3)34-32(38)23(4)35(19-24-12-10-9-11-21(24)2)31(37)20-36(27-17-25(33)13-15-28(27)41-5)44(39,40)26-14-16-29(42-6)30(18-26)43-7/h9-18,22-23H,8,19-20H2,1-7H3,(H,34,38)/t22-,23-/m1/s1. The Hall–Kier alpha value is -3.96. The van der Waals surface area contributed by atoms with Crippen molar-refractivity contribution in [3.05, 3.63) is 76.8 Å². The molecule has 0 bridgehead atoms. The van der Waals surface area contributed by atoms with Crippen LogP contribution in [0.2, 0.25) is 5.02 Å². The van der Waals surface area contributed by atoms with E-state index in [1.807, 2.05) is 45.0 Å². The molecule has 0 fully saturated rings. The molecule has 1 N–H and O–H groups in total. The molecular formula is C32H40ClN3O7S. The van der Waals surface area contributed by atoms with E-state index >= 15 is 0 Å². The summed E-state index contributed by atoms with van der Waals surface area (Å²) in [5, 5.41) is 3.16.